The van der Waals surface area contributed by atoms with Crippen LogP contribution < -0.4 is 5.73 Å². The lowest BCUT2D eigenvalue weighted by Gasteiger charge is -2.10. The molecular weight excluding hydrogens is 230 g/mol. The predicted octanol–water partition coefficient (Wildman–Crippen LogP) is 2.58. The Bertz CT molecular complexity index is 343. The van der Waals surface area contributed by atoms with Crippen molar-refractivity contribution in [2.45, 2.75) is 30.7 Å². The van der Waals surface area contributed by atoms with Crippen molar-refractivity contribution in [3.8, 4) is 0 Å². The van der Waals surface area contributed by atoms with Gasteiger partial charge in [-0.2, -0.15) is 0 Å². The second-order valence-electron chi connectivity index (χ2n) is 3.49. The quantitative estimate of drug-likeness (QED) is 0.867. The topological polar surface area (TPSA) is 43.1 Å². The van der Waals surface area contributed by atoms with Gasteiger partial charge in [-0.3, -0.25) is 4.21 Å². The Morgan fingerprint density at radius 3 is 2.73 bits per heavy atom. The number of hydrogen-bond donors (Lipinski definition) is 1. The van der Waals surface area contributed by atoms with Crippen LogP contribution in [0.5, 0.6) is 0 Å². The average Bonchev–Trinajstić information content (AvgIpc) is 2.18. The van der Waals surface area contributed by atoms with Gasteiger partial charge < -0.3 is 5.73 Å². The van der Waals surface area contributed by atoms with Crippen LogP contribution in [0.15, 0.2) is 29.2 Å². The first-order chi connectivity index (χ1) is 7.15. The van der Waals surface area contributed by atoms with Crippen LogP contribution in [0.25, 0.3) is 0 Å². The predicted molar refractivity (Wildman–Crippen MR) is 65.6 cm³/mol. The van der Waals surface area contributed by atoms with Crippen molar-refractivity contribution < 1.29 is 4.21 Å². The molecule has 2 nitrogen and oxygen atoms in total. The number of hydrogen-bond acceptors (Lipinski definition) is 2. The number of benzene rings is 1. The van der Waals surface area contributed by atoms with Gasteiger partial charge in [0.25, 0.3) is 0 Å². The minimum atomic E-state index is -1.08. The summed E-state index contributed by atoms with van der Waals surface area (Å²) < 4.78 is 11.9. The van der Waals surface area contributed by atoms with Crippen LogP contribution in [0.2, 0.25) is 5.02 Å². The maximum Gasteiger partial charge on any atom is 0.0574 e. The standard InChI is InChI=1S/C11H16ClNOS/c1-2-5-9(13)8-15(14)11-7-4-3-6-10(11)12/h3-4,6-7,9H,2,5,8,13H2,1H3. The van der Waals surface area contributed by atoms with Crippen molar-refractivity contribution in [3.63, 3.8) is 0 Å². The zero-order valence-electron chi connectivity index (χ0n) is 8.78. The number of nitrogens with two attached hydrogens (primary N) is 1. The van der Waals surface area contributed by atoms with Gasteiger partial charge in [0.2, 0.25) is 0 Å². The minimum Gasteiger partial charge on any atom is -0.327 e. The molecule has 0 aliphatic rings. The van der Waals surface area contributed by atoms with Gasteiger partial charge in [0.15, 0.2) is 0 Å². The molecule has 2 N–H and O–H groups in total. The first-order valence-corrected chi connectivity index (χ1v) is 6.73. The van der Waals surface area contributed by atoms with E-state index in [1.165, 1.54) is 0 Å². The van der Waals surface area contributed by atoms with Crippen molar-refractivity contribution in [2.75, 3.05) is 5.75 Å². The Balaban J connectivity index is 2.65. The fraction of sp³-hybridized carbons (Fsp3) is 0.455. The molecule has 1 aromatic rings. The van der Waals surface area contributed by atoms with E-state index in [0.717, 1.165) is 12.8 Å². The maximum atomic E-state index is 11.9. The van der Waals surface area contributed by atoms with Gasteiger partial charge in [-0.05, 0) is 18.6 Å². The summed E-state index contributed by atoms with van der Waals surface area (Å²) in [6, 6.07) is 7.20. The second kappa shape index (κ2) is 6.26. The van der Waals surface area contributed by atoms with Crippen LogP contribution in [0, 0.1) is 0 Å². The van der Waals surface area contributed by atoms with Gasteiger partial charge in [-0.15, -0.1) is 0 Å². The fourth-order valence-electron chi connectivity index (χ4n) is 1.37. The van der Waals surface area contributed by atoms with Crippen molar-refractivity contribution in [2.24, 2.45) is 5.73 Å². The zero-order valence-corrected chi connectivity index (χ0v) is 10.4. The van der Waals surface area contributed by atoms with Crippen LogP contribution in [0.1, 0.15) is 19.8 Å². The second-order valence-corrected chi connectivity index (χ2v) is 5.36. The molecule has 0 bridgehead atoms. The third-order valence-corrected chi connectivity index (χ3v) is 4.13. The van der Waals surface area contributed by atoms with Gasteiger partial charge in [-0.1, -0.05) is 37.1 Å². The summed E-state index contributed by atoms with van der Waals surface area (Å²) in [5.41, 5.74) is 5.84. The Kier molecular flexibility index (Phi) is 5.29. The molecule has 2 atom stereocenters. The molecule has 2 unspecified atom stereocenters. The third kappa shape index (κ3) is 3.93. The van der Waals surface area contributed by atoms with Gasteiger partial charge in [-0.25, -0.2) is 0 Å². The minimum absolute atomic E-state index is 0.00731. The summed E-state index contributed by atoms with van der Waals surface area (Å²) in [6.07, 6.45) is 1.91. The first-order valence-electron chi connectivity index (χ1n) is 5.03. The smallest absolute Gasteiger partial charge is 0.0574 e. The van der Waals surface area contributed by atoms with E-state index in [1.54, 1.807) is 12.1 Å². The van der Waals surface area contributed by atoms with E-state index in [2.05, 4.69) is 6.92 Å². The summed E-state index contributed by atoms with van der Waals surface area (Å²) in [7, 11) is -1.08. The molecule has 0 aromatic heterocycles. The summed E-state index contributed by atoms with van der Waals surface area (Å²) in [5, 5.41) is 0.555. The Morgan fingerprint density at radius 1 is 1.47 bits per heavy atom. The molecular formula is C11H16ClNOS. The molecule has 0 aliphatic heterocycles. The summed E-state index contributed by atoms with van der Waals surface area (Å²) in [6.45, 7) is 2.07. The van der Waals surface area contributed by atoms with Crippen LogP contribution in [0.3, 0.4) is 0 Å². The molecule has 0 heterocycles. The molecule has 4 heteroatoms. The monoisotopic (exact) mass is 245 g/mol. The molecule has 0 amide bonds. The van der Waals surface area contributed by atoms with Gasteiger partial charge in [0.05, 0.1) is 20.7 Å². The molecule has 0 spiro atoms. The molecule has 0 saturated heterocycles. The lowest BCUT2D eigenvalue weighted by atomic mass is 10.2. The van der Waals surface area contributed by atoms with E-state index in [4.69, 9.17) is 17.3 Å². The SMILES string of the molecule is CCCC(N)CS(=O)c1ccccc1Cl. The third-order valence-electron chi connectivity index (χ3n) is 2.11. The van der Waals surface area contributed by atoms with Crippen molar-refractivity contribution >= 4 is 22.4 Å². The van der Waals surface area contributed by atoms with E-state index in [1.807, 2.05) is 12.1 Å². The molecule has 1 aromatic carbocycles. The van der Waals surface area contributed by atoms with E-state index in [9.17, 15) is 4.21 Å². The lowest BCUT2D eigenvalue weighted by molar-refractivity contribution is 0.638. The molecule has 0 saturated carbocycles. The fourth-order valence-corrected chi connectivity index (χ4v) is 3.01. The van der Waals surface area contributed by atoms with Crippen molar-refractivity contribution in [1.82, 2.24) is 0 Å². The summed E-state index contributed by atoms with van der Waals surface area (Å²) >= 11 is 5.95. The van der Waals surface area contributed by atoms with Gasteiger partial charge in [0, 0.05) is 11.8 Å². The number of rotatable bonds is 5. The molecule has 1 rings (SSSR count). The van der Waals surface area contributed by atoms with Crippen molar-refractivity contribution in [3.05, 3.63) is 29.3 Å². The summed E-state index contributed by atoms with van der Waals surface area (Å²) in [4.78, 5) is 0.686. The highest BCUT2D eigenvalue weighted by atomic mass is 35.5. The largest absolute Gasteiger partial charge is 0.327 e. The highest BCUT2D eigenvalue weighted by Gasteiger charge is 2.11. The lowest BCUT2D eigenvalue weighted by Crippen LogP contribution is -2.26. The van der Waals surface area contributed by atoms with Crippen LogP contribution in [0.4, 0.5) is 0 Å². The van der Waals surface area contributed by atoms with Crippen LogP contribution >= 0.6 is 11.6 Å². The summed E-state index contributed by atoms with van der Waals surface area (Å²) in [5.74, 6) is 0.484. The van der Waals surface area contributed by atoms with Crippen LogP contribution in [-0.4, -0.2) is 16.0 Å². The molecule has 0 radical (unpaired) electrons. The Morgan fingerprint density at radius 2 is 2.13 bits per heavy atom. The van der Waals surface area contributed by atoms with Crippen LogP contribution in [-0.2, 0) is 10.8 Å². The van der Waals surface area contributed by atoms with E-state index >= 15 is 0 Å². The highest BCUT2D eigenvalue weighted by molar-refractivity contribution is 7.85. The molecule has 0 aliphatic carbocycles. The maximum absolute atomic E-state index is 11.9. The zero-order chi connectivity index (χ0) is 11.3. The first kappa shape index (κ1) is 12.7. The average molecular weight is 246 g/mol. The van der Waals surface area contributed by atoms with Gasteiger partial charge in [0.1, 0.15) is 0 Å². The van der Waals surface area contributed by atoms with Crippen molar-refractivity contribution in [1.29, 1.82) is 0 Å². The highest BCUT2D eigenvalue weighted by Crippen LogP contribution is 2.19. The molecule has 84 valence electrons. The molecule has 15 heavy (non-hydrogen) atoms. The van der Waals surface area contributed by atoms with Gasteiger partial charge >= 0.3 is 0 Å². The Labute approximate surface area is 98.3 Å². The number of halogens is 1. The van der Waals surface area contributed by atoms with E-state index in [0.29, 0.717) is 15.7 Å². The van der Waals surface area contributed by atoms with E-state index < -0.39 is 10.8 Å². The molecule has 0 fully saturated rings. The normalized spacial score (nSPS) is 14.9. The van der Waals surface area contributed by atoms with E-state index in [-0.39, 0.29) is 6.04 Å². The Hall–Kier alpha value is -0.380.